The molecule has 5 nitrogen and oxygen atoms in total. The molecule has 0 aliphatic heterocycles. The van der Waals surface area contributed by atoms with Gasteiger partial charge in [0.25, 0.3) is 0 Å². The van der Waals surface area contributed by atoms with Crippen molar-refractivity contribution in [1.82, 2.24) is 0 Å². The Morgan fingerprint density at radius 3 is 1.23 bits per heavy atom. The second-order valence-corrected chi connectivity index (χ2v) is 9.50. The van der Waals surface area contributed by atoms with Crippen LogP contribution >= 0.6 is 0 Å². The summed E-state index contributed by atoms with van der Waals surface area (Å²) in [7, 11) is 0.500. The molecule has 0 aliphatic carbocycles. The van der Waals surface area contributed by atoms with Gasteiger partial charge in [-0.2, -0.15) is 17.2 Å². The summed E-state index contributed by atoms with van der Waals surface area (Å²) in [6.07, 6.45) is 6.01. The van der Waals surface area contributed by atoms with E-state index in [4.69, 9.17) is 9.84 Å². The minimum Gasteiger partial charge on any atom is -0.492 e. The van der Waals surface area contributed by atoms with Crippen LogP contribution in [0, 0.1) is 19.1 Å². The SMILES string of the molecule is C.CC.CC.CC.CC.CC.CC.CC(=O)[C-]=C(C)c1ccc(Cc2ccccc2)cc1.CC(=[C-]C(=O)O)c1ccc(OC(=O)c2ccc(C)cc2)cc1.CF.[B].[B].[Y].[Y]. The number of carboxylic acids is 1. The van der Waals surface area contributed by atoms with Crippen molar-refractivity contribution in [3.8, 4) is 5.75 Å². The van der Waals surface area contributed by atoms with Crippen molar-refractivity contribution in [2.75, 3.05) is 7.18 Å². The molecule has 0 unspecified atom stereocenters. The Balaban J connectivity index is -0.0000000759. The number of halogens is 1. The number of ether oxygens (including phenoxy) is 1. The molecule has 0 saturated heterocycles. The van der Waals surface area contributed by atoms with E-state index >= 15 is 0 Å². The number of hydrogen-bond acceptors (Lipinski definition) is 4. The molecule has 0 fully saturated rings. The molecule has 0 heterocycles. The van der Waals surface area contributed by atoms with E-state index in [0.717, 1.165) is 23.1 Å². The molecule has 0 bridgehead atoms. The van der Waals surface area contributed by atoms with Gasteiger partial charge in [-0.1, -0.05) is 165 Å². The number of carbonyl (C=O) groups excluding carboxylic acids is 2. The Labute approximate surface area is 422 Å². The number of carbonyl (C=O) groups is 3. The molecule has 326 valence electrons. The van der Waals surface area contributed by atoms with Crippen molar-refractivity contribution in [3.63, 3.8) is 0 Å². The summed E-state index contributed by atoms with van der Waals surface area (Å²) < 4.78 is 14.8. The number of ketones is 1. The van der Waals surface area contributed by atoms with E-state index in [2.05, 4.69) is 48.6 Å². The average Bonchev–Trinajstić information content (AvgIpc) is 3.24. The zero-order chi connectivity index (χ0) is 43.8. The summed E-state index contributed by atoms with van der Waals surface area (Å²) in [5, 5.41) is 8.66. The number of carboxylic acid groups (broad SMARTS) is 1. The zero-order valence-corrected chi connectivity index (χ0v) is 45.0. The first-order valence-electron chi connectivity index (χ1n) is 19.5. The van der Waals surface area contributed by atoms with Gasteiger partial charge in [0.2, 0.25) is 5.97 Å². The summed E-state index contributed by atoms with van der Waals surface area (Å²) in [4.78, 5) is 33.6. The molecule has 8 radical (unpaired) electrons. The Bertz CT molecular complexity index is 1560. The van der Waals surface area contributed by atoms with Crippen molar-refractivity contribution >= 4 is 45.7 Å². The van der Waals surface area contributed by atoms with E-state index < -0.39 is 11.9 Å². The van der Waals surface area contributed by atoms with E-state index in [9.17, 15) is 18.8 Å². The second-order valence-electron chi connectivity index (χ2n) is 9.50. The maximum absolute atomic E-state index is 12.0. The zero-order valence-electron chi connectivity index (χ0n) is 39.3. The van der Waals surface area contributed by atoms with Crippen molar-refractivity contribution in [2.45, 2.75) is 125 Å². The molecule has 0 amide bonds. The third-order valence-electron chi connectivity index (χ3n) is 6.08. The van der Waals surface area contributed by atoms with Gasteiger partial charge >= 0.3 is 5.97 Å². The smallest absolute Gasteiger partial charge is 0.343 e. The minimum absolute atomic E-state index is 0. The normalized spacial score (nSPS) is 8.37. The molecule has 0 aromatic heterocycles. The summed E-state index contributed by atoms with van der Waals surface area (Å²) in [5.41, 5.74) is 7.26. The Morgan fingerprint density at radius 1 is 0.533 bits per heavy atom. The Hall–Kier alpha value is -2.76. The number of esters is 1. The van der Waals surface area contributed by atoms with Gasteiger partial charge in [-0.25, -0.2) is 22.0 Å². The van der Waals surface area contributed by atoms with Crippen LogP contribution in [0.3, 0.4) is 0 Å². The van der Waals surface area contributed by atoms with Crippen LogP contribution < -0.4 is 4.74 Å². The molecule has 4 aromatic rings. The number of allylic oxidation sites excluding steroid dienone is 3. The first-order chi connectivity index (χ1) is 26.6. The van der Waals surface area contributed by atoms with E-state index in [1.807, 2.05) is 127 Å². The topological polar surface area (TPSA) is 80.7 Å². The molecule has 4 aromatic carbocycles. The summed E-state index contributed by atoms with van der Waals surface area (Å²) >= 11 is 0. The van der Waals surface area contributed by atoms with Crippen molar-refractivity contribution < 1.29 is 94.0 Å². The summed E-state index contributed by atoms with van der Waals surface area (Å²) in [6, 6.07) is 32.4. The van der Waals surface area contributed by atoms with E-state index in [1.54, 1.807) is 43.3 Å². The van der Waals surface area contributed by atoms with Crippen LogP contribution in [-0.4, -0.2) is 46.8 Å². The number of hydrogen-bond donors (Lipinski definition) is 1. The van der Waals surface area contributed by atoms with Gasteiger partial charge < -0.3 is 14.6 Å². The second kappa shape index (κ2) is 58.3. The van der Waals surface area contributed by atoms with Gasteiger partial charge in [0, 0.05) is 82.2 Å². The quantitative estimate of drug-likeness (QED) is 0.0625. The predicted molar refractivity (Wildman–Crippen MR) is 255 cm³/mol. The van der Waals surface area contributed by atoms with Crippen LogP contribution in [0.4, 0.5) is 4.39 Å². The average molecular weight is 975 g/mol. The van der Waals surface area contributed by atoms with Gasteiger partial charge in [0.1, 0.15) is 5.75 Å². The van der Waals surface area contributed by atoms with Gasteiger partial charge in [0.15, 0.2) is 0 Å². The Morgan fingerprint density at radius 2 is 0.867 bits per heavy atom. The minimum atomic E-state index is -1.12. The fourth-order valence-electron chi connectivity index (χ4n) is 3.90. The number of aliphatic carboxylic acids is 1. The molecule has 0 aliphatic rings. The van der Waals surface area contributed by atoms with Crippen LogP contribution in [0.25, 0.3) is 11.1 Å². The van der Waals surface area contributed by atoms with Gasteiger partial charge in [-0.3, -0.25) is 9.18 Å². The molecule has 60 heavy (non-hydrogen) atoms. The van der Waals surface area contributed by atoms with Gasteiger partial charge in [-0.05, 0) is 55.7 Å². The fraction of sp³-hybridized carbons (Fsp3) is 0.380. The van der Waals surface area contributed by atoms with Gasteiger partial charge in [-0.15, -0.1) is 24.3 Å². The third kappa shape index (κ3) is 40.6. The molecule has 0 atom stereocenters. The summed E-state index contributed by atoms with van der Waals surface area (Å²) in [6.45, 7) is 31.0. The molecule has 0 saturated carbocycles. The van der Waals surface area contributed by atoms with E-state index in [0.29, 0.717) is 29.6 Å². The number of benzene rings is 4. The van der Waals surface area contributed by atoms with E-state index in [-0.39, 0.29) is 95.5 Å². The summed E-state index contributed by atoms with van der Waals surface area (Å²) in [5.74, 6) is -1.19. The fourth-order valence-corrected chi connectivity index (χ4v) is 3.90. The molecule has 0 spiro atoms. The van der Waals surface area contributed by atoms with Crippen LogP contribution in [-0.2, 0) is 81.4 Å². The van der Waals surface area contributed by atoms with Gasteiger partial charge in [0.05, 0.1) is 18.5 Å². The largest absolute Gasteiger partial charge is 0.492 e. The predicted octanol–water partition coefficient (Wildman–Crippen LogP) is 14.2. The molecular weight excluding hydrogens is 899 g/mol. The standard InChI is InChI=1S/C18H15O4.C18H17O.6C2H6.CH3F.CH4.2B.2Y/c1-12-3-5-15(6-4-12)18(21)22-16-9-7-14(8-10-16)13(2)11-17(19)20;1-14(12-15(2)19)18-10-8-17(9-11-18)13-16-6-4-3-5-7-16;7*1-2;;;;;/h3-10H,1-2H3,(H,19,20);3-11H,13H2,1-2H3;6*1-2H3;1H3;1H4;;;;/q2*-1;;;;;;;;;;;;. The molecule has 4 rings (SSSR count). The maximum atomic E-state index is 12.0. The molecular formula is C50H75B2FO5Y2-2. The monoisotopic (exact) mass is 974 g/mol. The first kappa shape index (κ1) is 81.1. The van der Waals surface area contributed by atoms with Crippen LogP contribution in [0.5, 0.6) is 5.75 Å². The van der Waals surface area contributed by atoms with Crippen molar-refractivity contribution in [3.05, 3.63) is 149 Å². The van der Waals surface area contributed by atoms with Crippen molar-refractivity contribution in [2.24, 2.45) is 0 Å². The first-order valence-corrected chi connectivity index (χ1v) is 19.5. The third-order valence-corrected chi connectivity index (χ3v) is 6.08. The van der Waals surface area contributed by atoms with Crippen LogP contribution in [0.1, 0.15) is 149 Å². The van der Waals surface area contributed by atoms with Crippen LogP contribution in [0.15, 0.2) is 103 Å². The number of alkyl halides is 1. The van der Waals surface area contributed by atoms with E-state index in [1.165, 1.54) is 18.1 Å². The number of Topliss-reactive ketones (excluding diaryl/α,β-unsaturated/α-hetero) is 1. The Kier molecular flexibility index (Phi) is 78.9. The molecule has 1 N–H and O–H groups in total. The number of rotatable bonds is 8. The maximum Gasteiger partial charge on any atom is 0.343 e. The van der Waals surface area contributed by atoms with Crippen LogP contribution in [0.2, 0.25) is 0 Å². The number of aryl methyl sites for hydroxylation is 1. The molecule has 10 heteroatoms. The van der Waals surface area contributed by atoms with Crippen molar-refractivity contribution in [1.29, 1.82) is 0 Å².